The van der Waals surface area contributed by atoms with Gasteiger partial charge in [0.25, 0.3) is 0 Å². The summed E-state index contributed by atoms with van der Waals surface area (Å²) in [6, 6.07) is 16.9. The molecule has 1 saturated heterocycles. The molecule has 1 fully saturated rings. The Morgan fingerprint density at radius 1 is 1.17 bits per heavy atom. The minimum atomic E-state index is -0.0101. The highest BCUT2D eigenvalue weighted by Crippen LogP contribution is 2.24. The van der Waals surface area contributed by atoms with E-state index in [9.17, 15) is 4.79 Å². The number of hydrogen-bond acceptors (Lipinski definition) is 2. The second kappa shape index (κ2) is 6.95. The van der Waals surface area contributed by atoms with Crippen LogP contribution in [0, 0.1) is 13.8 Å². The molecule has 0 aliphatic carbocycles. The summed E-state index contributed by atoms with van der Waals surface area (Å²) in [4.78, 5) is 16.7. The molecule has 4 heteroatoms. The monoisotopic (exact) mass is 323 g/mol. The van der Waals surface area contributed by atoms with Gasteiger partial charge in [0.05, 0.1) is 6.04 Å². The Morgan fingerprint density at radius 3 is 2.54 bits per heavy atom. The summed E-state index contributed by atoms with van der Waals surface area (Å²) in [5.74, 6) is 0. The van der Waals surface area contributed by atoms with Gasteiger partial charge >= 0.3 is 6.03 Å². The molecule has 0 aromatic heterocycles. The van der Waals surface area contributed by atoms with Gasteiger partial charge in [-0.2, -0.15) is 0 Å². The molecule has 1 aliphatic rings. The molecule has 126 valence electrons. The fourth-order valence-electron chi connectivity index (χ4n) is 3.15. The average molecular weight is 323 g/mol. The summed E-state index contributed by atoms with van der Waals surface area (Å²) in [5, 5.41) is 3.04. The lowest BCUT2D eigenvalue weighted by Crippen LogP contribution is -2.62. The minimum Gasteiger partial charge on any atom is -0.365 e. The molecular formula is C20H25N3O. The zero-order valence-electron chi connectivity index (χ0n) is 14.6. The van der Waals surface area contributed by atoms with Gasteiger partial charge in [-0.15, -0.1) is 0 Å². The number of likely N-dealkylation sites (tertiary alicyclic amines) is 1. The molecule has 2 amide bonds. The van der Waals surface area contributed by atoms with Crippen molar-refractivity contribution in [3.05, 3.63) is 59.7 Å². The molecule has 24 heavy (non-hydrogen) atoms. The van der Waals surface area contributed by atoms with E-state index in [1.165, 1.54) is 5.69 Å². The van der Waals surface area contributed by atoms with Crippen LogP contribution in [-0.4, -0.2) is 36.6 Å². The van der Waals surface area contributed by atoms with Gasteiger partial charge in [-0.05, 0) is 50.1 Å². The lowest BCUT2D eigenvalue weighted by molar-refractivity contribution is 0.161. The number of hydrogen-bond donors (Lipinski definition) is 1. The van der Waals surface area contributed by atoms with Crippen LogP contribution in [0.2, 0.25) is 0 Å². The van der Waals surface area contributed by atoms with Gasteiger partial charge in [0, 0.05) is 31.0 Å². The van der Waals surface area contributed by atoms with Gasteiger partial charge in [0.2, 0.25) is 0 Å². The van der Waals surface area contributed by atoms with Crippen LogP contribution in [-0.2, 0) is 0 Å². The Hall–Kier alpha value is -2.49. The van der Waals surface area contributed by atoms with Crippen molar-refractivity contribution in [1.29, 1.82) is 0 Å². The van der Waals surface area contributed by atoms with Crippen molar-refractivity contribution in [2.45, 2.75) is 26.8 Å². The number of carbonyl (C=O) groups is 1. The summed E-state index contributed by atoms with van der Waals surface area (Å²) >= 11 is 0. The molecule has 0 saturated carbocycles. The fraction of sp³-hybridized carbons (Fsp3) is 0.350. The van der Waals surface area contributed by atoms with Crippen molar-refractivity contribution < 1.29 is 4.79 Å². The molecule has 0 radical (unpaired) electrons. The number of benzene rings is 2. The van der Waals surface area contributed by atoms with Crippen LogP contribution in [0.4, 0.5) is 16.2 Å². The maximum Gasteiger partial charge on any atom is 0.321 e. The quantitative estimate of drug-likeness (QED) is 0.921. The zero-order chi connectivity index (χ0) is 17.1. The largest absolute Gasteiger partial charge is 0.365 e. The third-order valence-corrected chi connectivity index (χ3v) is 4.65. The third-order valence-electron chi connectivity index (χ3n) is 4.65. The highest BCUT2D eigenvalue weighted by Gasteiger charge is 2.34. The van der Waals surface area contributed by atoms with Crippen LogP contribution in [0.5, 0.6) is 0 Å². The van der Waals surface area contributed by atoms with Gasteiger partial charge < -0.3 is 15.1 Å². The number of carbonyl (C=O) groups excluding carboxylic acids is 1. The summed E-state index contributed by atoms with van der Waals surface area (Å²) in [5.41, 5.74) is 4.36. The number of rotatable bonds is 4. The van der Waals surface area contributed by atoms with Crippen LogP contribution in [0.15, 0.2) is 48.5 Å². The maximum absolute atomic E-state index is 12.4. The Morgan fingerprint density at radius 2 is 1.88 bits per heavy atom. The van der Waals surface area contributed by atoms with Gasteiger partial charge in [0.15, 0.2) is 0 Å². The van der Waals surface area contributed by atoms with E-state index in [1.807, 2.05) is 36.9 Å². The molecule has 0 unspecified atom stereocenters. The number of amides is 2. The molecule has 2 aromatic rings. The Labute approximate surface area is 144 Å². The number of para-hydroxylation sites is 1. The molecule has 1 heterocycles. The lowest BCUT2D eigenvalue weighted by atomic mass is 10.1. The Bertz CT molecular complexity index is 708. The van der Waals surface area contributed by atoms with Gasteiger partial charge in [-0.3, -0.25) is 0 Å². The van der Waals surface area contributed by atoms with Gasteiger partial charge in [-0.1, -0.05) is 30.3 Å². The molecule has 3 rings (SSSR count). The van der Waals surface area contributed by atoms with Crippen molar-refractivity contribution in [2.75, 3.05) is 29.9 Å². The predicted octanol–water partition coefficient (Wildman–Crippen LogP) is 4.05. The molecule has 0 atom stereocenters. The van der Waals surface area contributed by atoms with Crippen LogP contribution in [0.3, 0.4) is 0 Å². The minimum absolute atomic E-state index is 0.0101. The lowest BCUT2D eigenvalue weighted by Gasteiger charge is -2.46. The number of aryl methyl sites for hydroxylation is 2. The second-order valence-corrected chi connectivity index (χ2v) is 6.43. The van der Waals surface area contributed by atoms with Crippen molar-refractivity contribution in [2.24, 2.45) is 0 Å². The van der Waals surface area contributed by atoms with Gasteiger partial charge in [0.1, 0.15) is 0 Å². The summed E-state index contributed by atoms with van der Waals surface area (Å²) in [6.07, 6.45) is 0. The first-order valence-corrected chi connectivity index (χ1v) is 8.53. The van der Waals surface area contributed by atoms with E-state index >= 15 is 0 Å². The van der Waals surface area contributed by atoms with E-state index in [4.69, 9.17) is 0 Å². The van der Waals surface area contributed by atoms with Crippen molar-refractivity contribution in [1.82, 2.24) is 4.90 Å². The SMILES string of the molecule is CCN(c1ccccc1)C1CN(C(=O)Nc2cc(C)ccc2C)C1. The van der Waals surface area contributed by atoms with Crippen LogP contribution >= 0.6 is 0 Å². The van der Waals surface area contributed by atoms with Crippen molar-refractivity contribution in [3.63, 3.8) is 0 Å². The molecule has 1 N–H and O–H groups in total. The fourth-order valence-corrected chi connectivity index (χ4v) is 3.15. The Kier molecular flexibility index (Phi) is 4.74. The van der Waals surface area contributed by atoms with Crippen molar-refractivity contribution in [3.8, 4) is 0 Å². The van der Waals surface area contributed by atoms with Gasteiger partial charge in [-0.25, -0.2) is 4.79 Å². The number of urea groups is 1. The van der Waals surface area contributed by atoms with Crippen LogP contribution in [0.1, 0.15) is 18.1 Å². The molecule has 1 aliphatic heterocycles. The first-order chi connectivity index (χ1) is 11.6. The zero-order valence-corrected chi connectivity index (χ0v) is 14.6. The third kappa shape index (κ3) is 3.37. The number of nitrogens with one attached hydrogen (secondary N) is 1. The van der Waals surface area contributed by atoms with E-state index in [1.54, 1.807) is 0 Å². The number of anilines is 2. The van der Waals surface area contributed by atoms with E-state index in [0.29, 0.717) is 6.04 Å². The highest BCUT2D eigenvalue weighted by molar-refractivity contribution is 5.91. The molecule has 2 aromatic carbocycles. The van der Waals surface area contributed by atoms with E-state index in [0.717, 1.165) is 36.4 Å². The first-order valence-electron chi connectivity index (χ1n) is 8.53. The normalized spacial score (nSPS) is 14.2. The number of likely N-dealkylation sites (N-methyl/N-ethyl adjacent to an activating group) is 1. The van der Waals surface area contributed by atoms with Crippen LogP contribution < -0.4 is 10.2 Å². The molecule has 4 nitrogen and oxygen atoms in total. The predicted molar refractivity (Wildman–Crippen MR) is 99.8 cm³/mol. The smallest absolute Gasteiger partial charge is 0.321 e. The topological polar surface area (TPSA) is 35.6 Å². The standard InChI is InChI=1S/C20H25N3O/c1-4-23(17-8-6-5-7-9-17)18-13-22(14-18)20(24)21-19-12-15(2)10-11-16(19)3/h5-12,18H,4,13-14H2,1-3H3,(H,21,24). The number of nitrogens with zero attached hydrogens (tertiary/aromatic N) is 2. The summed E-state index contributed by atoms with van der Waals surface area (Å²) in [6.45, 7) is 8.68. The molecular weight excluding hydrogens is 298 g/mol. The van der Waals surface area contributed by atoms with E-state index < -0.39 is 0 Å². The highest BCUT2D eigenvalue weighted by atomic mass is 16.2. The van der Waals surface area contributed by atoms with Crippen LogP contribution in [0.25, 0.3) is 0 Å². The summed E-state index contributed by atoms with van der Waals surface area (Å²) in [7, 11) is 0. The Balaban J connectivity index is 1.59. The molecule has 0 spiro atoms. The molecule has 0 bridgehead atoms. The van der Waals surface area contributed by atoms with E-state index in [2.05, 4.69) is 47.5 Å². The van der Waals surface area contributed by atoms with E-state index in [-0.39, 0.29) is 6.03 Å². The maximum atomic E-state index is 12.4. The summed E-state index contributed by atoms with van der Waals surface area (Å²) < 4.78 is 0. The van der Waals surface area contributed by atoms with Crippen molar-refractivity contribution >= 4 is 17.4 Å². The average Bonchev–Trinajstić information content (AvgIpc) is 2.54. The second-order valence-electron chi connectivity index (χ2n) is 6.43. The first kappa shape index (κ1) is 16.4.